The van der Waals surface area contributed by atoms with Crippen LogP contribution in [-0.2, 0) is 13.1 Å². The fraction of sp³-hybridized carbons (Fsp3) is 0.200. The monoisotopic (exact) mass is 426 g/mol. The van der Waals surface area contributed by atoms with Gasteiger partial charge in [-0.25, -0.2) is 14.1 Å². The number of benzene rings is 1. The van der Waals surface area contributed by atoms with Crippen LogP contribution in [0.15, 0.2) is 35.2 Å². The molecule has 0 aliphatic heterocycles. The highest BCUT2D eigenvalue weighted by molar-refractivity contribution is 9.10. The molecule has 0 aliphatic carbocycles. The molecule has 1 amide bonds. The number of amides is 1. The van der Waals surface area contributed by atoms with E-state index < -0.39 is 11.7 Å². The molecule has 3 aromatic rings. The van der Waals surface area contributed by atoms with E-state index >= 15 is 0 Å². The number of carbonyl (C=O) groups excluding carboxylic acids is 1. The molecule has 130 valence electrons. The molecule has 2 heterocycles. The van der Waals surface area contributed by atoms with Gasteiger partial charge in [-0.1, -0.05) is 17.7 Å². The van der Waals surface area contributed by atoms with Crippen LogP contribution in [0, 0.1) is 5.82 Å². The number of halogens is 3. The highest BCUT2D eigenvalue weighted by atomic mass is 79.9. The smallest absolute Gasteiger partial charge is 0.279 e. The van der Waals surface area contributed by atoms with Crippen molar-refractivity contribution in [2.75, 3.05) is 5.32 Å². The molecule has 0 unspecified atom stereocenters. The van der Waals surface area contributed by atoms with Crippen molar-refractivity contribution in [3.05, 3.63) is 57.3 Å². The van der Waals surface area contributed by atoms with Gasteiger partial charge in [-0.3, -0.25) is 14.8 Å². The van der Waals surface area contributed by atoms with Gasteiger partial charge in [0.1, 0.15) is 12.1 Å². The van der Waals surface area contributed by atoms with Gasteiger partial charge in [-0.2, -0.15) is 5.10 Å². The molecule has 0 atom stereocenters. The maximum Gasteiger partial charge on any atom is 0.279 e. The Morgan fingerprint density at radius 3 is 2.84 bits per heavy atom. The third kappa shape index (κ3) is 3.88. The van der Waals surface area contributed by atoms with E-state index in [1.54, 1.807) is 16.9 Å². The van der Waals surface area contributed by atoms with Crippen LogP contribution < -0.4 is 5.32 Å². The third-order valence-corrected chi connectivity index (χ3v) is 4.33. The normalized spacial score (nSPS) is 10.9. The molecular formula is C15H13BrClFN6O. The molecule has 0 aliphatic rings. The van der Waals surface area contributed by atoms with Crippen molar-refractivity contribution in [3.8, 4) is 0 Å². The first-order chi connectivity index (χ1) is 12.0. The van der Waals surface area contributed by atoms with Gasteiger partial charge in [0.15, 0.2) is 5.69 Å². The van der Waals surface area contributed by atoms with Gasteiger partial charge in [0.2, 0.25) is 5.95 Å². The zero-order valence-corrected chi connectivity index (χ0v) is 15.4. The van der Waals surface area contributed by atoms with E-state index in [-0.39, 0.29) is 18.2 Å². The minimum absolute atomic E-state index is 0.0930. The lowest BCUT2D eigenvalue weighted by Crippen LogP contribution is -2.15. The van der Waals surface area contributed by atoms with Crippen LogP contribution in [0.5, 0.6) is 0 Å². The highest BCUT2D eigenvalue weighted by Crippen LogP contribution is 2.20. The SMILES string of the molecule is CCn1cc(Br)c(C(=O)Nc2ncn(Cc3c(F)cccc3Cl)n2)n1. The predicted octanol–water partition coefficient (Wildman–Crippen LogP) is 3.35. The van der Waals surface area contributed by atoms with Gasteiger partial charge in [-0.15, -0.1) is 5.10 Å². The predicted molar refractivity (Wildman–Crippen MR) is 94.1 cm³/mol. The lowest BCUT2D eigenvalue weighted by molar-refractivity contribution is 0.102. The Kier molecular flexibility index (Phi) is 5.14. The summed E-state index contributed by atoms with van der Waals surface area (Å²) in [5.74, 6) is -0.779. The topological polar surface area (TPSA) is 77.6 Å². The summed E-state index contributed by atoms with van der Waals surface area (Å²) >= 11 is 9.29. The summed E-state index contributed by atoms with van der Waals surface area (Å²) in [7, 11) is 0. The highest BCUT2D eigenvalue weighted by Gasteiger charge is 2.17. The van der Waals surface area contributed by atoms with Crippen molar-refractivity contribution in [1.29, 1.82) is 0 Å². The zero-order chi connectivity index (χ0) is 18.0. The second-order valence-corrected chi connectivity index (χ2v) is 6.36. The number of hydrogen-bond donors (Lipinski definition) is 1. The maximum absolute atomic E-state index is 13.8. The summed E-state index contributed by atoms with van der Waals surface area (Å²) in [6.45, 7) is 2.66. The minimum Gasteiger partial charge on any atom is -0.288 e. The number of nitrogens with zero attached hydrogens (tertiary/aromatic N) is 5. The fourth-order valence-electron chi connectivity index (χ4n) is 2.15. The number of carbonyl (C=O) groups is 1. The molecule has 2 aromatic heterocycles. The number of aromatic nitrogens is 5. The molecule has 0 radical (unpaired) electrons. The van der Waals surface area contributed by atoms with Gasteiger partial charge >= 0.3 is 0 Å². The summed E-state index contributed by atoms with van der Waals surface area (Å²) < 4.78 is 17.4. The standard InChI is InChI=1S/C15H13BrClFN6O/c1-2-23-7-10(16)13(21-23)14(25)20-15-19-8-24(22-15)6-9-11(17)4-3-5-12(9)18/h3-5,7-8H,2,6H2,1H3,(H,20,22,25). The zero-order valence-electron chi connectivity index (χ0n) is 13.1. The number of rotatable bonds is 5. The second-order valence-electron chi connectivity index (χ2n) is 5.10. The average molecular weight is 428 g/mol. The first-order valence-corrected chi connectivity index (χ1v) is 8.51. The van der Waals surface area contributed by atoms with E-state index in [9.17, 15) is 9.18 Å². The summed E-state index contributed by atoms with van der Waals surface area (Å²) in [6.07, 6.45) is 3.10. The second kappa shape index (κ2) is 7.32. The third-order valence-electron chi connectivity index (χ3n) is 3.40. The van der Waals surface area contributed by atoms with Crippen molar-refractivity contribution >= 4 is 39.4 Å². The lowest BCUT2D eigenvalue weighted by Gasteiger charge is -2.05. The van der Waals surface area contributed by atoms with Gasteiger partial charge in [0.25, 0.3) is 5.91 Å². The van der Waals surface area contributed by atoms with E-state index in [4.69, 9.17) is 11.6 Å². The average Bonchev–Trinajstić information content (AvgIpc) is 3.17. The molecule has 0 spiro atoms. The van der Waals surface area contributed by atoms with Crippen LogP contribution in [0.3, 0.4) is 0 Å². The Labute approximate surface area is 155 Å². The van der Waals surface area contributed by atoms with Crippen LogP contribution in [0.25, 0.3) is 0 Å². The summed E-state index contributed by atoms with van der Waals surface area (Å²) in [4.78, 5) is 16.3. The Hall–Kier alpha value is -2.26. The van der Waals surface area contributed by atoms with Crippen molar-refractivity contribution in [1.82, 2.24) is 24.5 Å². The number of hydrogen-bond acceptors (Lipinski definition) is 4. The number of anilines is 1. The van der Waals surface area contributed by atoms with Gasteiger partial charge in [0.05, 0.1) is 11.0 Å². The van der Waals surface area contributed by atoms with Crippen molar-refractivity contribution in [3.63, 3.8) is 0 Å². The van der Waals surface area contributed by atoms with Crippen LogP contribution >= 0.6 is 27.5 Å². The molecule has 0 saturated carbocycles. The van der Waals surface area contributed by atoms with Gasteiger partial charge in [-0.05, 0) is 35.0 Å². The molecule has 0 saturated heterocycles. The minimum atomic E-state index is -0.444. The summed E-state index contributed by atoms with van der Waals surface area (Å²) in [6, 6.07) is 4.45. The molecule has 10 heteroatoms. The Morgan fingerprint density at radius 2 is 2.16 bits per heavy atom. The fourth-order valence-corrected chi connectivity index (χ4v) is 2.87. The maximum atomic E-state index is 13.8. The van der Waals surface area contributed by atoms with Crippen LogP contribution in [0.4, 0.5) is 10.3 Å². The van der Waals surface area contributed by atoms with E-state index in [1.807, 2.05) is 6.92 Å². The molecule has 1 aromatic carbocycles. The Bertz CT molecular complexity index is 904. The molecule has 7 nitrogen and oxygen atoms in total. The number of aryl methyl sites for hydroxylation is 1. The van der Waals surface area contributed by atoms with Crippen molar-refractivity contribution in [2.24, 2.45) is 0 Å². The van der Waals surface area contributed by atoms with Crippen LogP contribution in [-0.4, -0.2) is 30.5 Å². The van der Waals surface area contributed by atoms with Gasteiger partial charge in [0, 0.05) is 23.3 Å². The van der Waals surface area contributed by atoms with Crippen LogP contribution in [0.2, 0.25) is 5.02 Å². The Balaban J connectivity index is 1.73. The summed E-state index contributed by atoms with van der Waals surface area (Å²) in [5, 5.41) is 11.1. The molecule has 25 heavy (non-hydrogen) atoms. The lowest BCUT2D eigenvalue weighted by atomic mass is 10.2. The van der Waals surface area contributed by atoms with Gasteiger partial charge < -0.3 is 0 Å². The largest absolute Gasteiger partial charge is 0.288 e. The molecule has 0 fully saturated rings. The van der Waals surface area contributed by atoms with E-state index in [1.165, 1.54) is 23.1 Å². The quantitative estimate of drug-likeness (QED) is 0.677. The van der Waals surface area contributed by atoms with Crippen molar-refractivity contribution < 1.29 is 9.18 Å². The van der Waals surface area contributed by atoms with E-state index in [2.05, 4.69) is 36.4 Å². The Morgan fingerprint density at radius 1 is 1.36 bits per heavy atom. The first-order valence-electron chi connectivity index (χ1n) is 7.34. The van der Waals surface area contributed by atoms with E-state index in [0.717, 1.165) is 0 Å². The van der Waals surface area contributed by atoms with Crippen LogP contribution in [0.1, 0.15) is 23.0 Å². The first kappa shape index (κ1) is 17.6. The van der Waals surface area contributed by atoms with Crippen molar-refractivity contribution in [2.45, 2.75) is 20.0 Å². The number of nitrogens with one attached hydrogen (secondary N) is 1. The molecule has 1 N–H and O–H groups in total. The summed E-state index contributed by atoms with van der Waals surface area (Å²) in [5.41, 5.74) is 0.534. The van der Waals surface area contributed by atoms with E-state index in [0.29, 0.717) is 21.6 Å². The molecular weight excluding hydrogens is 415 g/mol. The molecule has 0 bridgehead atoms. The molecule has 3 rings (SSSR count).